The van der Waals surface area contributed by atoms with Crippen LogP contribution in [0.2, 0.25) is 0 Å². The van der Waals surface area contributed by atoms with Crippen molar-refractivity contribution >= 4 is 0 Å². The lowest BCUT2D eigenvalue weighted by atomic mass is 10.4. The SMILES string of the molecule is CC#CCOCCOCCNC(C)C. The molecule has 0 amide bonds. The molecule has 0 heterocycles. The number of hydrogen-bond donors (Lipinski definition) is 1. The first-order valence-electron chi connectivity index (χ1n) is 5.06. The third-order valence-corrected chi connectivity index (χ3v) is 1.52. The second-order valence-corrected chi connectivity index (χ2v) is 3.20. The van der Waals surface area contributed by atoms with Crippen molar-refractivity contribution in [3.05, 3.63) is 0 Å². The van der Waals surface area contributed by atoms with Crippen LogP contribution in [0.15, 0.2) is 0 Å². The molecule has 0 aliphatic heterocycles. The van der Waals surface area contributed by atoms with Gasteiger partial charge >= 0.3 is 0 Å². The van der Waals surface area contributed by atoms with Gasteiger partial charge in [0.25, 0.3) is 0 Å². The van der Waals surface area contributed by atoms with E-state index in [1.165, 1.54) is 0 Å². The Labute approximate surface area is 87.2 Å². The molecule has 0 saturated heterocycles. The fourth-order valence-corrected chi connectivity index (χ4v) is 0.835. The van der Waals surface area contributed by atoms with E-state index < -0.39 is 0 Å². The predicted molar refractivity (Wildman–Crippen MR) is 58.2 cm³/mol. The largest absolute Gasteiger partial charge is 0.378 e. The van der Waals surface area contributed by atoms with Crippen LogP contribution in [0.25, 0.3) is 0 Å². The monoisotopic (exact) mass is 199 g/mol. The standard InChI is InChI=1S/C11H21NO2/c1-4-5-7-13-9-10-14-8-6-12-11(2)3/h11-12H,6-10H2,1-3H3. The maximum absolute atomic E-state index is 5.33. The summed E-state index contributed by atoms with van der Waals surface area (Å²) >= 11 is 0. The Hall–Kier alpha value is -0.560. The van der Waals surface area contributed by atoms with E-state index in [1.54, 1.807) is 6.92 Å². The minimum Gasteiger partial charge on any atom is -0.378 e. The second-order valence-electron chi connectivity index (χ2n) is 3.20. The summed E-state index contributed by atoms with van der Waals surface area (Å²) in [6.07, 6.45) is 0. The summed E-state index contributed by atoms with van der Waals surface area (Å²) in [6, 6.07) is 0.523. The van der Waals surface area contributed by atoms with Crippen molar-refractivity contribution < 1.29 is 9.47 Å². The summed E-state index contributed by atoms with van der Waals surface area (Å²) in [4.78, 5) is 0. The van der Waals surface area contributed by atoms with Gasteiger partial charge in [-0.3, -0.25) is 0 Å². The molecule has 0 aliphatic rings. The van der Waals surface area contributed by atoms with Gasteiger partial charge < -0.3 is 14.8 Å². The molecule has 0 atom stereocenters. The first kappa shape index (κ1) is 13.4. The van der Waals surface area contributed by atoms with Gasteiger partial charge in [-0.25, -0.2) is 0 Å². The van der Waals surface area contributed by atoms with Gasteiger partial charge in [0, 0.05) is 12.6 Å². The quantitative estimate of drug-likeness (QED) is 0.468. The fraction of sp³-hybridized carbons (Fsp3) is 0.818. The van der Waals surface area contributed by atoms with E-state index in [4.69, 9.17) is 9.47 Å². The molecule has 0 rings (SSSR count). The molecule has 0 aromatic carbocycles. The molecule has 0 aromatic rings. The van der Waals surface area contributed by atoms with Crippen LogP contribution in [-0.2, 0) is 9.47 Å². The van der Waals surface area contributed by atoms with Crippen LogP contribution >= 0.6 is 0 Å². The van der Waals surface area contributed by atoms with Gasteiger partial charge in [0.2, 0.25) is 0 Å². The summed E-state index contributed by atoms with van der Waals surface area (Å²) in [5, 5.41) is 3.27. The van der Waals surface area contributed by atoms with E-state index in [2.05, 4.69) is 31.0 Å². The number of hydrogen-bond acceptors (Lipinski definition) is 3. The Bertz CT molecular complexity index is 170. The summed E-state index contributed by atoms with van der Waals surface area (Å²) in [5.74, 6) is 5.59. The molecular formula is C11H21NO2. The predicted octanol–water partition coefficient (Wildman–Crippen LogP) is 1.04. The van der Waals surface area contributed by atoms with Gasteiger partial charge in [0.1, 0.15) is 6.61 Å². The van der Waals surface area contributed by atoms with Crippen LogP contribution in [0, 0.1) is 11.8 Å². The smallest absolute Gasteiger partial charge is 0.107 e. The van der Waals surface area contributed by atoms with Gasteiger partial charge in [0.15, 0.2) is 0 Å². The fourth-order valence-electron chi connectivity index (χ4n) is 0.835. The minimum atomic E-state index is 0.504. The molecule has 82 valence electrons. The summed E-state index contributed by atoms with van der Waals surface area (Å²) in [7, 11) is 0. The molecule has 0 aliphatic carbocycles. The summed E-state index contributed by atoms with van der Waals surface area (Å²) < 4.78 is 10.5. The van der Waals surface area contributed by atoms with Crippen molar-refractivity contribution in [1.29, 1.82) is 0 Å². The van der Waals surface area contributed by atoms with Gasteiger partial charge in [0.05, 0.1) is 19.8 Å². The summed E-state index contributed by atoms with van der Waals surface area (Å²) in [5.41, 5.74) is 0. The van der Waals surface area contributed by atoms with Crippen LogP contribution in [-0.4, -0.2) is 39.0 Å². The third kappa shape index (κ3) is 11.4. The number of nitrogens with one attached hydrogen (secondary N) is 1. The Morgan fingerprint density at radius 2 is 1.86 bits per heavy atom. The lowest BCUT2D eigenvalue weighted by Crippen LogP contribution is -2.27. The lowest BCUT2D eigenvalue weighted by molar-refractivity contribution is 0.0608. The molecule has 0 fully saturated rings. The van der Waals surface area contributed by atoms with Crippen molar-refractivity contribution in [3.63, 3.8) is 0 Å². The van der Waals surface area contributed by atoms with Crippen molar-refractivity contribution in [2.45, 2.75) is 26.8 Å². The zero-order valence-corrected chi connectivity index (χ0v) is 9.43. The second kappa shape index (κ2) is 10.5. The van der Waals surface area contributed by atoms with Crippen LogP contribution in [0.3, 0.4) is 0 Å². The first-order valence-corrected chi connectivity index (χ1v) is 5.06. The molecule has 0 radical (unpaired) electrons. The third-order valence-electron chi connectivity index (χ3n) is 1.52. The van der Waals surface area contributed by atoms with Crippen molar-refractivity contribution in [2.24, 2.45) is 0 Å². The molecule has 0 unspecified atom stereocenters. The maximum Gasteiger partial charge on any atom is 0.107 e. The Morgan fingerprint density at radius 1 is 1.14 bits per heavy atom. The van der Waals surface area contributed by atoms with Crippen molar-refractivity contribution in [1.82, 2.24) is 5.32 Å². The molecule has 14 heavy (non-hydrogen) atoms. The average Bonchev–Trinajstić information content (AvgIpc) is 2.15. The highest BCUT2D eigenvalue weighted by molar-refractivity contribution is 4.94. The Morgan fingerprint density at radius 3 is 2.50 bits per heavy atom. The Kier molecular flexibility index (Phi) is 10.1. The highest BCUT2D eigenvalue weighted by atomic mass is 16.5. The van der Waals surface area contributed by atoms with Gasteiger partial charge in [-0.2, -0.15) is 0 Å². The molecule has 0 spiro atoms. The normalized spacial score (nSPS) is 10.0. The zero-order valence-electron chi connectivity index (χ0n) is 9.43. The first-order chi connectivity index (χ1) is 6.77. The van der Waals surface area contributed by atoms with E-state index in [9.17, 15) is 0 Å². The molecule has 0 aromatic heterocycles. The Balaban J connectivity index is 2.94. The van der Waals surface area contributed by atoms with Crippen LogP contribution in [0.4, 0.5) is 0 Å². The minimum absolute atomic E-state index is 0.504. The molecular weight excluding hydrogens is 178 g/mol. The maximum atomic E-state index is 5.33. The van der Waals surface area contributed by atoms with E-state index in [0.717, 1.165) is 13.2 Å². The van der Waals surface area contributed by atoms with Gasteiger partial charge in [-0.15, -0.1) is 5.92 Å². The van der Waals surface area contributed by atoms with Crippen LogP contribution in [0.1, 0.15) is 20.8 Å². The molecule has 1 N–H and O–H groups in total. The van der Waals surface area contributed by atoms with Crippen molar-refractivity contribution in [3.8, 4) is 11.8 Å². The van der Waals surface area contributed by atoms with Gasteiger partial charge in [-0.05, 0) is 6.92 Å². The zero-order chi connectivity index (χ0) is 10.6. The van der Waals surface area contributed by atoms with Gasteiger partial charge in [-0.1, -0.05) is 19.8 Å². The lowest BCUT2D eigenvalue weighted by Gasteiger charge is -2.08. The summed E-state index contributed by atoms with van der Waals surface area (Å²) in [6.45, 7) is 9.44. The molecule has 0 bridgehead atoms. The van der Waals surface area contributed by atoms with Crippen LogP contribution < -0.4 is 5.32 Å². The van der Waals surface area contributed by atoms with E-state index >= 15 is 0 Å². The van der Waals surface area contributed by atoms with E-state index in [1.807, 2.05) is 0 Å². The molecule has 3 nitrogen and oxygen atoms in total. The number of ether oxygens (including phenoxy) is 2. The highest BCUT2D eigenvalue weighted by Gasteiger charge is 1.91. The average molecular weight is 199 g/mol. The molecule has 0 saturated carbocycles. The van der Waals surface area contributed by atoms with Crippen LogP contribution in [0.5, 0.6) is 0 Å². The topological polar surface area (TPSA) is 30.5 Å². The molecule has 3 heteroatoms. The van der Waals surface area contributed by atoms with E-state index in [-0.39, 0.29) is 0 Å². The van der Waals surface area contributed by atoms with E-state index in [0.29, 0.717) is 25.9 Å². The van der Waals surface area contributed by atoms with Crippen molar-refractivity contribution in [2.75, 3.05) is 33.0 Å². The highest BCUT2D eigenvalue weighted by Crippen LogP contribution is 1.79. The number of rotatable bonds is 8.